The summed E-state index contributed by atoms with van der Waals surface area (Å²) in [5, 5.41) is 0. The average molecular weight is 178 g/mol. The van der Waals surface area contributed by atoms with Crippen molar-refractivity contribution in [2.45, 2.75) is 13.3 Å². The van der Waals surface area contributed by atoms with Crippen molar-refractivity contribution >= 4 is 5.78 Å². The van der Waals surface area contributed by atoms with E-state index in [0.717, 1.165) is 0 Å². The van der Waals surface area contributed by atoms with Gasteiger partial charge >= 0.3 is 0 Å². The highest BCUT2D eigenvalue weighted by molar-refractivity contribution is 5.95. The monoisotopic (exact) mass is 178 g/mol. The molecule has 0 fully saturated rings. The van der Waals surface area contributed by atoms with Gasteiger partial charge in [0.05, 0.1) is 0 Å². The number of ketones is 1. The molecule has 1 aromatic rings. The maximum Gasteiger partial charge on any atom is 0.162 e. The van der Waals surface area contributed by atoms with Crippen LogP contribution >= 0.6 is 0 Å². The van der Waals surface area contributed by atoms with Gasteiger partial charge in [0, 0.05) is 6.42 Å². The smallest absolute Gasteiger partial charge is 0.162 e. The van der Waals surface area contributed by atoms with Gasteiger partial charge in [0.2, 0.25) is 0 Å². The van der Waals surface area contributed by atoms with Crippen LogP contribution in [0.4, 0.5) is 4.39 Å². The molecule has 0 radical (unpaired) electrons. The standard InChI is InChI=1S/C11H11FO/c1-8(2)11(13)7-9-5-3-4-6-10(9)12/h3-6H,1,7H2,2H3. The van der Waals surface area contributed by atoms with Gasteiger partial charge in [0.15, 0.2) is 5.78 Å². The van der Waals surface area contributed by atoms with Crippen LogP contribution in [0, 0.1) is 5.82 Å². The van der Waals surface area contributed by atoms with E-state index in [9.17, 15) is 9.18 Å². The van der Waals surface area contributed by atoms with Gasteiger partial charge in [-0.25, -0.2) is 4.39 Å². The molecule has 0 amide bonds. The second kappa shape index (κ2) is 3.99. The second-order valence-electron chi connectivity index (χ2n) is 2.97. The summed E-state index contributed by atoms with van der Waals surface area (Å²) in [6.45, 7) is 5.14. The molecule has 0 spiro atoms. The summed E-state index contributed by atoms with van der Waals surface area (Å²) >= 11 is 0. The van der Waals surface area contributed by atoms with E-state index in [4.69, 9.17) is 0 Å². The zero-order chi connectivity index (χ0) is 9.84. The summed E-state index contributed by atoms with van der Waals surface area (Å²) in [6.07, 6.45) is 0.0992. The van der Waals surface area contributed by atoms with Gasteiger partial charge in [-0.2, -0.15) is 0 Å². The first-order chi connectivity index (χ1) is 6.11. The van der Waals surface area contributed by atoms with Crippen molar-refractivity contribution in [3.63, 3.8) is 0 Å². The molecule has 68 valence electrons. The Balaban J connectivity index is 2.81. The van der Waals surface area contributed by atoms with Crippen molar-refractivity contribution in [3.8, 4) is 0 Å². The minimum atomic E-state index is -0.336. The molecule has 0 aliphatic rings. The van der Waals surface area contributed by atoms with E-state index >= 15 is 0 Å². The number of carbonyl (C=O) groups is 1. The second-order valence-corrected chi connectivity index (χ2v) is 2.97. The first kappa shape index (κ1) is 9.65. The fourth-order valence-corrected chi connectivity index (χ4v) is 0.966. The quantitative estimate of drug-likeness (QED) is 0.650. The molecule has 0 bridgehead atoms. The number of halogens is 1. The Morgan fingerprint density at radius 1 is 1.46 bits per heavy atom. The highest BCUT2D eigenvalue weighted by Gasteiger charge is 2.07. The van der Waals surface area contributed by atoms with Gasteiger partial charge in [-0.1, -0.05) is 24.8 Å². The average Bonchev–Trinajstić information content (AvgIpc) is 2.08. The molecule has 0 unspecified atom stereocenters. The molecule has 1 nitrogen and oxygen atoms in total. The summed E-state index contributed by atoms with van der Waals surface area (Å²) in [7, 11) is 0. The van der Waals surface area contributed by atoms with E-state index in [2.05, 4.69) is 6.58 Å². The molecule has 0 aliphatic heterocycles. The van der Waals surface area contributed by atoms with Gasteiger partial charge in [-0.05, 0) is 24.1 Å². The lowest BCUT2D eigenvalue weighted by Crippen LogP contribution is -2.04. The van der Waals surface area contributed by atoms with E-state index in [1.54, 1.807) is 25.1 Å². The summed E-state index contributed by atoms with van der Waals surface area (Å²) in [4.78, 5) is 11.2. The van der Waals surface area contributed by atoms with Crippen LogP contribution in [-0.2, 0) is 11.2 Å². The largest absolute Gasteiger partial charge is 0.294 e. The molecule has 13 heavy (non-hydrogen) atoms. The topological polar surface area (TPSA) is 17.1 Å². The fourth-order valence-electron chi connectivity index (χ4n) is 0.966. The molecule has 0 heterocycles. The highest BCUT2D eigenvalue weighted by atomic mass is 19.1. The maximum atomic E-state index is 13.0. The van der Waals surface area contributed by atoms with Crippen molar-refractivity contribution in [2.24, 2.45) is 0 Å². The van der Waals surface area contributed by atoms with E-state index in [-0.39, 0.29) is 18.0 Å². The predicted octanol–water partition coefficient (Wildman–Crippen LogP) is 2.51. The number of rotatable bonds is 3. The molecule has 1 aromatic carbocycles. The van der Waals surface area contributed by atoms with Crippen molar-refractivity contribution < 1.29 is 9.18 Å². The summed E-state index contributed by atoms with van der Waals surface area (Å²) in [6, 6.07) is 6.27. The van der Waals surface area contributed by atoms with Crippen molar-refractivity contribution in [3.05, 3.63) is 47.8 Å². The number of hydrogen-bond donors (Lipinski definition) is 0. The third-order valence-corrected chi connectivity index (χ3v) is 1.78. The molecule has 2 heteroatoms. The minimum Gasteiger partial charge on any atom is -0.294 e. The van der Waals surface area contributed by atoms with Gasteiger partial charge < -0.3 is 0 Å². The predicted molar refractivity (Wildman–Crippen MR) is 49.9 cm³/mol. The third kappa shape index (κ3) is 2.51. The Hall–Kier alpha value is -1.44. The van der Waals surface area contributed by atoms with Crippen LogP contribution in [0.3, 0.4) is 0 Å². The fraction of sp³-hybridized carbons (Fsp3) is 0.182. The Morgan fingerprint density at radius 2 is 2.08 bits per heavy atom. The molecule has 0 aromatic heterocycles. The van der Waals surface area contributed by atoms with E-state index in [1.165, 1.54) is 6.07 Å². The summed E-state index contributed by atoms with van der Waals surface area (Å²) in [5.74, 6) is -0.456. The molecular formula is C11H11FO. The van der Waals surface area contributed by atoms with Crippen LogP contribution in [0.1, 0.15) is 12.5 Å². The zero-order valence-electron chi connectivity index (χ0n) is 7.51. The molecule has 0 N–H and O–H groups in total. The lowest BCUT2D eigenvalue weighted by Gasteiger charge is -2.01. The van der Waals surface area contributed by atoms with Crippen molar-refractivity contribution in [2.75, 3.05) is 0 Å². The number of Topliss-reactive ketones (excluding diaryl/α,β-unsaturated/α-hetero) is 1. The van der Waals surface area contributed by atoms with E-state index < -0.39 is 0 Å². The van der Waals surface area contributed by atoms with Crippen LogP contribution in [0.15, 0.2) is 36.4 Å². The van der Waals surface area contributed by atoms with E-state index in [1.807, 2.05) is 0 Å². The number of hydrogen-bond acceptors (Lipinski definition) is 1. The summed E-state index contributed by atoms with van der Waals surface area (Å²) < 4.78 is 13.0. The maximum absolute atomic E-state index is 13.0. The van der Waals surface area contributed by atoms with Gasteiger partial charge in [-0.15, -0.1) is 0 Å². The Bertz CT molecular complexity index is 342. The number of carbonyl (C=O) groups excluding carboxylic acids is 1. The van der Waals surface area contributed by atoms with Gasteiger partial charge in [0.25, 0.3) is 0 Å². The minimum absolute atomic E-state index is 0.0992. The summed E-state index contributed by atoms with van der Waals surface area (Å²) in [5.41, 5.74) is 0.888. The first-order valence-corrected chi connectivity index (χ1v) is 4.03. The molecule has 0 atom stereocenters. The van der Waals surface area contributed by atoms with Crippen LogP contribution in [0.25, 0.3) is 0 Å². The number of benzene rings is 1. The SMILES string of the molecule is C=C(C)C(=O)Cc1ccccc1F. The van der Waals surface area contributed by atoms with Crippen LogP contribution in [-0.4, -0.2) is 5.78 Å². The Morgan fingerprint density at radius 3 is 2.62 bits per heavy atom. The first-order valence-electron chi connectivity index (χ1n) is 4.03. The normalized spacial score (nSPS) is 9.69. The zero-order valence-corrected chi connectivity index (χ0v) is 7.51. The lowest BCUT2D eigenvalue weighted by atomic mass is 10.1. The number of allylic oxidation sites excluding steroid dienone is 1. The van der Waals surface area contributed by atoms with Crippen LogP contribution in [0.5, 0.6) is 0 Å². The van der Waals surface area contributed by atoms with Crippen LogP contribution < -0.4 is 0 Å². The van der Waals surface area contributed by atoms with E-state index in [0.29, 0.717) is 11.1 Å². The Kier molecular flexibility index (Phi) is 2.96. The molecule has 0 saturated carbocycles. The molecular weight excluding hydrogens is 167 g/mol. The lowest BCUT2D eigenvalue weighted by molar-refractivity contribution is -0.114. The van der Waals surface area contributed by atoms with Gasteiger partial charge in [0.1, 0.15) is 5.82 Å². The van der Waals surface area contributed by atoms with Crippen molar-refractivity contribution in [1.29, 1.82) is 0 Å². The third-order valence-electron chi connectivity index (χ3n) is 1.78. The van der Waals surface area contributed by atoms with Crippen LogP contribution in [0.2, 0.25) is 0 Å². The molecule has 0 saturated heterocycles. The van der Waals surface area contributed by atoms with Crippen molar-refractivity contribution in [1.82, 2.24) is 0 Å². The molecule has 1 rings (SSSR count). The van der Waals surface area contributed by atoms with Gasteiger partial charge in [-0.3, -0.25) is 4.79 Å². The highest BCUT2D eigenvalue weighted by Crippen LogP contribution is 2.09. The molecule has 0 aliphatic carbocycles. The Labute approximate surface area is 76.9 Å².